The maximum Gasteiger partial charge on any atom is 0.319 e. The first kappa shape index (κ1) is 14.5. The maximum absolute atomic E-state index is 11.5. The summed E-state index contributed by atoms with van der Waals surface area (Å²) in [6, 6.07) is 7.50. The highest BCUT2D eigenvalue weighted by Gasteiger charge is 2.00. The molecule has 0 atom stereocenters. The molecule has 0 aliphatic heterocycles. The van der Waals surface area contributed by atoms with Crippen LogP contribution in [0.25, 0.3) is 0 Å². The summed E-state index contributed by atoms with van der Waals surface area (Å²) in [5, 5.41) is 5.53. The lowest BCUT2D eigenvalue weighted by Gasteiger charge is -2.08. The largest absolute Gasteiger partial charge is 0.380 e. The van der Waals surface area contributed by atoms with Crippen molar-refractivity contribution < 1.29 is 9.53 Å². The molecule has 4 heteroatoms. The summed E-state index contributed by atoms with van der Waals surface area (Å²) in [4.78, 5) is 11.5. The van der Waals surface area contributed by atoms with E-state index in [1.165, 1.54) is 0 Å². The van der Waals surface area contributed by atoms with Crippen LogP contribution in [0.5, 0.6) is 0 Å². The van der Waals surface area contributed by atoms with Gasteiger partial charge in [-0.25, -0.2) is 4.79 Å². The van der Waals surface area contributed by atoms with Crippen LogP contribution in [0, 0.1) is 6.92 Å². The van der Waals surface area contributed by atoms with Gasteiger partial charge in [-0.2, -0.15) is 0 Å². The van der Waals surface area contributed by atoms with Gasteiger partial charge >= 0.3 is 6.03 Å². The lowest BCUT2D eigenvalue weighted by molar-refractivity contribution is 0.134. The highest BCUT2D eigenvalue weighted by atomic mass is 16.5. The van der Waals surface area contributed by atoms with Gasteiger partial charge < -0.3 is 15.4 Å². The maximum atomic E-state index is 11.5. The number of anilines is 1. The quantitative estimate of drug-likeness (QED) is 0.731. The Morgan fingerprint density at radius 2 is 2.17 bits per heavy atom. The molecular weight excluding hydrogens is 228 g/mol. The van der Waals surface area contributed by atoms with Crippen molar-refractivity contribution >= 4 is 11.7 Å². The van der Waals surface area contributed by atoms with Crippen LogP contribution in [0.1, 0.15) is 25.3 Å². The SMILES string of the molecule is CCCCOCCNC(=O)Nc1cccc(C)c1. The Morgan fingerprint density at radius 1 is 1.33 bits per heavy atom. The second-order valence-corrected chi connectivity index (χ2v) is 4.22. The number of amides is 2. The van der Waals surface area contributed by atoms with Crippen LogP contribution in [-0.4, -0.2) is 25.8 Å². The second kappa shape index (κ2) is 8.53. The molecule has 0 aliphatic carbocycles. The molecule has 0 bridgehead atoms. The molecule has 1 aromatic rings. The first-order valence-corrected chi connectivity index (χ1v) is 6.41. The molecule has 0 aliphatic rings. The number of carbonyl (C=O) groups is 1. The zero-order chi connectivity index (χ0) is 13.2. The van der Waals surface area contributed by atoms with Crippen molar-refractivity contribution in [2.45, 2.75) is 26.7 Å². The third-order valence-corrected chi connectivity index (χ3v) is 2.45. The van der Waals surface area contributed by atoms with E-state index in [2.05, 4.69) is 17.6 Å². The molecule has 18 heavy (non-hydrogen) atoms. The molecule has 0 saturated heterocycles. The number of hydrogen-bond donors (Lipinski definition) is 2. The van der Waals surface area contributed by atoms with E-state index in [4.69, 9.17) is 4.74 Å². The Balaban J connectivity index is 2.14. The van der Waals surface area contributed by atoms with Crippen LogP contribution in [-0.2, 0) is 4.74 Å². The molecule has 0 radical (unpaired) electrons. The van der Waals surface area contributed by atoms with Crippen LogP contribution in [0.15, 0.2) is 24.3 Å². The summed E-state index contributed by atoms with van der Waals surface area (Å²) >= 11 is 0. The summed E-state index contributed by atoms with van der Waals surface area (Å²) in [5.41, 5.74) is 1.93. The predicted octanol–water partition coefficient (Wildman–Crippen LogP) is 2.93. The van der Waals surface area contributed by atoms with Crippen molar-refractivity contribution in [2.75, 3.05) is 25.1 Å². The Bertz CT molecular complexity index is 367. The fourth-order valence-electron chi connectivity index (χ4n) is 1.48. The van der Waals surface area contributed by atoms with Crippen molar-refractivity contribution in [3.05, 3.63) is 29.8 Å². The van der Waals surface area contributed by atoms with E-state index in [9.17, 15) is 4.79 Å². The van der Waals surface area contributed by atoms with Crippen molar-refractivity contribution in [1.82, 2.24) is 5.32 Å². The minimum absolute atomic E-state index is 0.195. The van der Waals surface area contributed by atoms with Crippen LogP contribution >= 0.6 is 0 Å². The molecule has 2 N–H and O–H groups in total. The van der Waals surface area contributed by atoms with Crippen molar-refractivity contribution in [3.63, 3.8) is 0 Å². The molecular formula is C14H22N2O2. The van der Waals surface area contributed by atoms with E-state index < -0.39 is 0 Å². The first-order valence-electron chi connectivity index (χ1n) is 6.41. The van der Waals surface area contributed by atoms with Gasteiger partial charge in [-0.05, 0) is 31.0 Å². The van der Waals surface area contributed by atoms with Crippen LogP contribution in [0.4, 0.5) is 10.5 Å². The van der Waals surface area contributed by atoms with Gasteiger partial charge in [-0.1, -0.05) is 25.5 Å². The highest BCUT2D eigenvalue weighted by Crippen LogP contribution is 2.08. The van der Waals surface area contributed by atoms with Crippen molar-refractivity contribution in [2.24, 2.45) is 0 Å². The zero-order valence-corrected chi connectivity index (χ0v) is 11.2. The van der Waals surface area contributed by atoms with Crippen LogP contribution in [0.2, 0.25) is 0 Å². The molecule has 2 amide bonds. The normalized spacial score (nSPS) is 10.1. The number of aryl methyl sites for hydroxylation is 1. The van der Waals surface area contributed by atoms with Gasteiger partial charge in [0.05, 0.1) is 6.61 Å². The van der Waals surface area contributed by atoms with Gasteiger partial charge in [-0.15, -0.1) is 0 Å². The third-order valence-electron chi connectivity index (χ3n) is 2.45. The monoisotopic (exact) mass is 250 g/mol. The van der Waals surface area contributed by atoms with E-state index in [0.29, 0.717) is 13.2 Å². The van der Waals surface area contributed by atoms with Crippen LogP contribution < -0.4 is 10.6 Å². The fourth-order valence-corrected chi connectivity index (χ4v) is 1.48. The number of unbranched alkanes of at least 4 members (excludes halogenated alkanes) is 1. The van der Waals surface area contributed by atoms with Gasteiger partial charge in [0.1, 0.15) is 0 Å². The molecule has 0 spiro atoms. The minimum atomic E-state index is -0.195. The van der Waals surface area contributed by atoms with Gasteiger partial charge in [0, 0.05) is 18.8 Å². The fraction of sp³-hybridized carbons (Fsp3) is 0.500. The summed E-state index contributed by atoms with van der Waals surface area (Å²) in [6.45, 7) is 5.96. The number of nitrogens with one attached hydrogen (secondary N) is 2. The number of rotatable bonds is 7. The molecule has 4 nitrogen and oxygen atoms in total. The third kappa shape index (κ3) is 6.25. The Labute approximate surface area is 109 Å². The molecule has 0 unspecified atom stereocenters. The van der Waals surface area contributed by atoms with Crippen LogP contribution in [0.3, 0.4) is 0 Å². The number of ether oxygens (including phenoxy) is 1. The van der Waals surface area contributed by atoms with Crippen molar-refractivity contribution in [1.29, 1.82) is 0 Å². The lowest BCUT2D eigenvalue weighted by atomic mass is 10.2. The average molecular weight is 250 g/mol. The predicted molar refractivity (Wildman–Crippen MR) is 73.9 cm³/mol. The van der Waals surface area contributed by atoms with Gasteiger partial charge in [0.2, 0.25) is 0 Å². The molecule has 0 fully saturated rings. The summed E-state index contributed by atoms with van der Waals surface area (Å²) in [5.74, 6) is 0. The lowest BCUT2D eigenvalue weighted by Crippen LogP contribution is -2.31. The number of hydrogen-bond acceptors (Lipinski definition) is 2. The second-order valence-electron chi connectivity index (χ2n) is 4.22. The summed E-state index contributed by atoms with van der Waals surface area (Å²) in [7, 11) is 0. The molecule has 0 saturated carbocycles. The standard InChI is InChI=1S/C14H22N2O2/c1-3-4-9-18-10-8-15-14(17)16-13-7-5-6-12(2)11-13/h5-7,11H,3-4,8-10H2,1-2H3,(H2,15,16,17). The van der Waals surface area contributed by atoms with E-state index in [-0.39, 0.29) is 6.03 Å². The molecule has 1 rings (SSSR count). The number of benzene rings is 1. The van der Waals surface area contributed by atoms with E-state index >= 15 is 0 Å². The van der Waals surface area contributed by atoms with Gasteiger partial charge in [-0.3, -0.25) is 0 Å². The number of carbonyl (C=O) groups excluding carboxylic acids is 1. The summed E-state index contributed by atoms with van der Waals surface area (Å²) < 4.78 is 5.35. The van der Waals surface area contributed by atoms with Gasteiger partial charge in [0.25, 0.3) is 0 Å². The minimum Gasteiger partial charge on any atom is -0.380 e. The molecule has 100 valence electrons. The van der Waals surface area contributed by atoms with E-state index in [1.807, 2.05) is 31.2 Å². The zero-order valence-electron chi connectivity index (χ0n) is 11.2. The van der Waals surface area contributed by atoms with Gasteiger partial charge in [0.15, 0.2) is 0 Å². The van der Waals surface area contributed by atoms with E-state index in [0.717, 1.165) is 30.7 Å². The Hall–Kier alpha value is -1.55. The molecule has 1 aromatic carbocycles. The number of urea groups is 1. The smallest absolute Gasteiger partial charge is 0.319 e. The van der Waals surface area contributed by atoms with E-state index in [1.54, 1.807) is 0 Å². The molecule has 0 heterocycles. The summed E-state index contributed by atoms with van der Waals surface area (Å²) in [6.07, 6.45) is 2.19. The first-order chi connectivity index (χ1) is 8.72. The topological polar surface area (TPSA) is 50.4 Å². The Morgan fingerprint density at radius 3 is 2.89 bits per heavy atom. The molecule has 0 aromatic heterocycles. The average Bonchev–Trinajstić information content (AvgIpc) is 2.33. The van der Waals surface area contributed by atoms with Crippen molar-refractivity contribution in [3.8, 4) is 0 Å². The highest BCUT2D eigenvalue weighted by molar-refractivity contribution is 5.89. The Kier molecular flexibility index (Phi) is 6.87.